The molecule has 0 spiro atoms. The van der Waals surface area contributed by atoms with Gasteiger partial charge in [-0.2, -0.15) is 4.98 Å². The van der Waals surface area contributed by atoms with Crippen LogP contribution in [0.1, 0.15) is 50.5 Å². The summed E-state index contributed by atoms with van der Waals surface area (Å²) in [6.07, 6.45) is 9.30. The predicted octanol–water partition coefficient (Wildman–Crippen LogP) is 4.18. The Bertz CT molecular complexity index is 1280. The van der Waals surface area contributed by atoms with Gasteiger partial charge in [-0.1, -0.05) is 11.6 Å². The number of halogens is 1. The van der Waals surface area contributed by atoms with Crippen molar-refractivity contribution in [3.8, 4) is 0 Å². The Balaban J connectivity index is 1.02. The van der Waals surface area contributed by atoms with Crippen LogP contribution in [0.2, 0.25) is 5.02 Å². The van der Waals surface area contributed by atoms with Gasteiger partial charge in [0.05, 0.1) is 18.2 Å². The molecule has 1 aromatic carbocycles. The monoisotopic (exact) mass is 579 g/mol. The smallest absolute Gasteiger partial charge is 0.229 e. The number of benzene rings is 1. The third kappa shape index (κ3) is 5.48. The molecule has 6 aliphatic rings. The average molecular weight is 580 g/mol. The molecule has 9 nitrogen and oxygen atoms in total. The fourth-order valence-corrected chi connectivity index (χ4v) is 8.51. The third-order valence-electron chi connectivity index (χ3n) is 10.3. The molecule has 2 unspecified atom stereocenters. The molecular weight excluding hydrogens is 538 g/mol. The van der Waals surface area contributed by atoms with E-state index in [0.29, 0.717) is 46.5 Å². The fraction of sp³-hybridized carbons (Fsp3) is 0.645. The van der Waals surface area contributed by atoms with Crippen LogP contribution in [0.15, 0.2) is 24.4 Å². The third-order valence-corrected chi connectivity index (χ3v) is 10.6. The number of carbonyl (C=O) groups excluding carboxylic acids is 1. The van der Waals surface area contributed by atoms with E-state index < -0.39 is 0 Å². The molecule has 10 heteroatoms. The first-order valence-electron chi connectivity index (χ1n) is 15.4. The molecule has 6 fully saturated rings. The minimum Gasteiger partial charge on any atom is -0.395 e. The number of carbonyl (C=O) groups is 1. The summed E-state index contributed by atoms with van der Waals surface area (Å²) < 4.78 is 0. The molecule has 4 N–H and O–H groups in total. The standard InChI is InChI=1S/C31H42ClN7O2/c1-19-12-24(4-5-26(19)39-8-6-38(7-9-39)10-11-40)35-30-33-18-25(32)28(37-30)36-27-21-13-20-14-22(27)17-31(15-20,16-21)29(41)34-23-2-3-23/h4-5,12,18,20-23,27,40H,2-3,6-11,13-17H2,1H3,(H,34,41)(H2,33,35,36,37). The Labute approximate surface area is 247 Å². The highest BCUT2D eigenvalue weighted by Crippen LogP contribution is 2.60. The molecule has 5 saturated carbocycles. The second kappa shape index (κ2) is 10.9. The first kappa shape index (κ1) is 27.2. The summed E-state index contributed by atoms with van der Waals surface area (Å²) >= 11 is 6.61. The van der Waals surface area contributed by atoms with Gasteiger partial charge in [0.15, 0.2) is 5.82 Å². The van der Waals surface area contributed by atoms with Gasteiger partial charge in [-0.15, -0.1) is 0 Å². The number of nitrogens with one attached hydrogen (secondary N) is 3. The van der Waals surface area contributed by atoms with Gasteiger partial charge in [-0.25, -0.2) is 4.98 Å². The number of aliphatic hydroxyl groups excluding tert-OH is 1. The Hall–Kier alpha value is -2.62. The van der Waals surface area contributed by atoms with Gasteiger partial charge in [0.25, 0.3) is 0 Å². The molecule has 0 radical (unpaired) electrons. The number of aromatic nitrogens is 2. The van der Waals surface area contributed by atoms with E-state index in [2.05, 4.69) is 55.9 Å². The van der Waals surface area contributed by atoms with Crippen LogP contribution in [0.25, 0.3) is 0 Å². The van der Waals surface area contributed by atoms with Crippen LogP contribution in [0.5, 0.6) is 0 Å². The van der Waals surface area contributed by atoms with Crippen molar-refractivity contribution in [2.75, 3.05) is 54.9 Å². The highest BCUT2D eigenvalue weighted by Gasteiger charge is 2.58. The van der Waals surface area contributed by atoms with Crippen molar-refractivity contribution >= 4 is 40.6 Å². The van der Waals surface area contributed by atoms with Crippen molar-refractivity contribution in [3.63, 3.8) is 0 Å². The van der Waals surface area contributed by atoms with E-state index >= 15 is 0 Å². The van der Waals surface area contributed by atoms with Gasteiger partial charge in [0.1, 0.15) is 5.02 Å². The Morgan fingerprint density at radius 3 is 2.56 bits per heavy atom. The Morgan fingerprint density at radius 2 is 1.88 bits per heavy atom. The summed E-state index contributed by atoms with van der Waals surface area (Å²) in [6.45, 7) is 6.94. The molecule has 1 amide bonds. The van der Waals surface area contributed by atoms with E-state index in [0.717, 1.165) is 70.5 Å². The van der Waals surface area contributed by atoms with Gasteiger partial charge in [-0.05, 0) is 93.4 Å². The minimum atomic E-state index is -0.170. The van der Waals surface area contributed by atoms with Crippen LogP contribution in [-0.4, -0.2) is 77.3 Å². The molecule has 2 aromatic rings. The zero-order valence-corrected chi connectivity index (χ0v) is 24.7. The van der Waals surface area contributed by atoms with Crippen molar-refractivity contribution in [1.82, 2.24) is 20.2 Å². The SMILES string of the molecule is Cc1cc(Nc2ncc(Cl)c(NC3C4CC5CC3CC(C(=O)NC3CC3)(C5)C4)n2)ccc1N1CCN(CCO)CC1. The second-order valence-electron chi connectivity index (χ2n) is 13.2. The lowest BCUT2D eigenvalue weighted by Gasteiger charge is -2.59. The number of aliphatic hydroxyl groups is 1. The zero-order chi connectivity index (χ0) is 28.1. The summed E-state index contributed by atoms with van der Waals surface area (Å²) in [5.74, 6) is 3.10. The zero-order valence-electron chi connectivity index (χ0n) is 23.9. The maximum absolute atomic E-state index is 13.3. The summed E-state index contributed by atoms with van der Waals surface area (Å²) in [5, 5.41) is 20.2. The predicted molar refractivity (Wildman–Crippen MR) is 162 cm³/mol. The summed E-state index contributed by atoms with van der Waals surface area (Å²) in [6, 6.07) is 7.09. The molecule has 41 heavy (non-hydrogen) atoms. The van der Waals surface area contributed by atoms with E-state index in [1.54, 1.807) is 6.20 Å². The lowest BCUT2D eigenvalue weighted by Crippen LogP contribution is -2.60. The van der Waals surface area contributed by atoms with E-state index in [-0.39, 0.29) is 18.1 Å². The molecule has 2 heterocycles. The number of nitrogens with zero attached hydrogens (tertiary/aromatic N) is 4. The number of hydrogen-bond acceptors (Lipinski definition) is 8. The molecule has 2 atom stereocenters. The fourth-order valence-electron chi connectivity index (χ4n) is 8.36. The Morgan fingerprint density at radius 1 is 1.12 bits per heavy atom. The molecule has 1 aromatic heterocycles. The lowest BCUT2D eigenvalue weighted by atomic mass is 9.47. The number of rotatable bonds is 9. The molecular formula is C31H42ClN7O2. The molecule has 1 aliphatic heterocycles. The summed E-state index contributed by atoms with van der Waals surface area (Å²) in [7, 11) is 0. The van der Waals surface area contributed by atoms with Crippen molar-refractivity contribution in [2.45, 2.75) is 64.0 Å². The van der Waals surface area contributed by atoms with E-state index in [1.165, 1.54) is 24.1 Å². The highest BCUT2D eigenvalue weighted by atomic mass is 35.5. The minimum absolute atomic E-state index is 0.170. The number of β-amino-alcohol motifs (C(OH)–C–C–N with tert-alkyl or cyclic N) is 1. The average Bonchev–Trinajstić information content (AvgIpc) is 3.77. The first-order chi connectivity index (χ1) is 19.9. The number of piperazine rings is 1. The lowest BCUT2D eigenvalue weighted by molar-refractivity contribution is -0.147. The Kier molecular flexibility index (Phi) is 7.24. The molecule has 5 aliphatic carbocycles. The van der Waals surface area contributed by atoms with Gasteiger partial charge in [-0.3, -0.25) is 9.69 Å². The van der Waals surface area contributed by atoms with Crippen molar-refractivity contribution < 1.29 is 9.90 Å². The molecule has 4 bridgehead atoms. The van der Waals surface area contributed by atoms with Gasteiger partial charge in [0.2, 0.25) is 11.9 Å². The number of hydrogen-bond donors (Lipinski definition) is 4. The summed E-state index contributed by atoms with van der Waals surface area (Å²) in [5.41, 5.74) is 3.21. The maximum Gasteiger partial charge on any atom is 0.229 e. The number of amides is 1. The van der Waals surface area contributed by atoms with E-state index in [9.17, 15) is 9.90 Å². The van der Waals surface area contributed by atoms with E-state index in [1.807, 2.05) is 0 Å². The largest absolute Gasteiger partial charge is 0.395 e. The quantitative estimate of drug-likeness (QED) is 0.351. The van der Waals surface area contributed by atoms with Crippen LogP contribution in [0, 0.1) is 30.1 Å². The second-order valence-corrected chi connectivity index (χ2v) is 13.6. The van der Waals surface area contributed by atoms with Crippen LogP contribution in [0.4, 0.5) is 23.1 Å². The molecule has 1 saturated heterocycles. The number of aryl methyl sites for hydroxylation is 1. The maximum atomic E-state index is 13.3. The normalized spacial score (nSPS) is 30.9. The molecule has 220 valence electrons. The summed E-state index contributed by atoms with van der Waals surface area (Å²) in [4.78, 5) is 27.3. The number of anilines is 4. The van der Waals surface area contributed by atoms with E-state index in [4.69, 9.17) is 16.6 Å². The van der Waals surface area contributed by atoms with Gasteiger partial charge >= 0.3 is 0 Å². The molecule has 8 rings (SSSR count). The van der Waals surface area contributed by atoms with Crippen LogP contribution in [0.3, 0.4) is 0 Å². The van der Waals surface area contributed by atoms with Crippen LogP contribution in [-0.2, 0) is 4.79 Å². The first-order valence-corrected chi connectivity index (χ1v) is 15.8. The van der Waals surface area contributed by atoms with Crippen LogP contribution >= 0.6 is 11.6 Å². The van der Waals surface area contributed by atoms with Gasteiger partial charge < -0.3 is 26.0 Å². The highest BCUT2D eigenvalue weighted by molar-refractivity contribution is 6.32. The van der Waals surface area contributed by atoms with Gasteiger partial charge in [0, 0.05) is 56.2 Å². The van der Waals surface area contributed by atoms with Crippen molar-refractivity contribution in [3.05, 3.63) is 35.0 Å². The topological polar surface area (TPSA) is 106 Å². The van der Waals surface area contributed by atoms with Crippen molar-refractivity contribution in [1.29, 1.82) is 0 Å². The van der Waals surface area contributed by atoms with Crippen LogP contribution < -0.4 is 20.9 Å². The van der Waals surface area contributed by atoms with Crippen molar-refractivity contribution in [2.24, 2.45) is 23.2 Å².